The molecule has 0 radical (unpaired) electrons. The van der Waals surface area contributed by atoms with Crippen LogP contribution in [-0.4, -0.2) is 55.1 Å². The van der Waals surface area contributed by atoms with Crippen molar-refractivity contribution in [1.29, 1.82) is 0 Å². The van der Waals surface area contributed by atoms with E-state index in [0.29, 0.717) is 35.3 Å². The van der Waals surface area contributed by atoms with E-state index in [4.69, 9.17) is 0 Å². The van der Waals surface area contributed by atoms with Crippen molar-refractivity contribution in [3.63, 3.8) is 0 Å². The predicted octanol–water partition coefficient (Wildman–Crippen LogP) is 3.42. The Kier molecular flexibility index (Phi) is 5.71. The van der Waals surface area contributed by atoms with Gasteiger partial charge in [0.2, 0.25) is 11.7 Å². The molecular formula is C21H22N6O2S. The number of nitrogens with one attached hydrogen (secondary N) is 2. The number of aromatic amines is 1. The maximum atomic E-state index is 12.5. The average Bonchev–Trinajstić information content (AvgIpc) is 3.32. The van der Waals surface area contributed by atoms with E-state index in [0.717, 1.165) is 11.0 Å². The number of carbonyl (C=O) groups is 2. The summed E-state index contributed by atoms with van der Waals surface area (Å²) < 4.78 is 1.90. The second kappa shape index (κ2) is 8.58. The molecule has 2 aromatic heterocycles. The van der Waals surface area contributed by atoms with Crippen LogP contribution in [-0.2, 0) is 4.79 Å². The van der Waals surface area contributed by atoms with Gasteiger partial charge in [0.05, 0.1) is 16.8 Å². The Bertz CT molecular complexity index is 1210. The molecule has 2 amide bonds. The largest absolute Gasteiger partial charge is 0.339 e. The van der Waals surface area contributed by atoms with Gasteiger partial charge in [0.25, 0.3) is 5.91 Å². The summed E-state index contributed by atoms with van der Waals surface area (Å²) in [5, 5.41) is 10.7. The third-order valence-electron chi connectivity index (χ3n) is 4.78. The number of amides is 2. The number of imidazole rings is 1. The minimum Gasteiger partial charge on any atom is -0.339 e. The van der Waals surface area contributed by atoms with Crippen molar-refractivity contribution in [2.45, 2.75) is 19.0 Å². The normalized spacial score (nSPS) is 11.1. The van der Waals surface area contributed by atoms with Gasteiger partial charge in [-0.25, -0.2) is 10.1 Å². The lowest BCUT2D eigenvalue weighted by molar-refractivity contribution is -0.113. The average molecular weight is 423 g/mol. The number of carbonyl (C=O) groups excluding carboxylic acids is 2. The smallest absolute Gasteiger partial charge is 0.253 e. The van der Waals surface area contributed by atoms with Crippen molar-refractivity contribution in [3.05, 3.63) is 54.1 Å². The van der Waals surface area contributed by atoms with E-state index in [-0.39, 0.29) is 17.6 Å². The monoisotopic (exact) mass is 422 g/mol. The number of thioether (sulfide) groups is 1. The number of H-pyrrole nitrogens is 1. The molecule has 154 valence electrons. The van der Waals surface area contributed by atoms with Crippen LogP contribution in [0.4, 0.5) is 5.69 Å². The Labute approximate surface area is 177 Å². The topological polar surface area (TPSA) is 95.4 Å². The van der Waals surface area contributed by atoms with E-state index in [2.05, 4.69) is 20.5 Å². The van der Waals surface area contributed by atoms with Crippen LogP contribution in [0.2, 0.25) is 0 Å². The molecule has 2 aromatic carbocycles. The van der Waals surface area contributed by atoms with Crippen LogP contribution in [0.25, 0.3) is 16.8 Å². The van der Waals surface area contributed by atoms with Crippen molar-refractivity contribution in [1.82, 2.24) is 24.5 Å². The van der Waals surface area contributed by atoms with E-state index in [1.165, 1.54) is 11.8 Å². The van der Waals surface area contributed by atoms with Crippen molar-refractivity contribution in [2.24, 2.45) is 0 Å². The second-order valence-electron chi connectivity index (χ2n) is 6.66. The van der Waals surface area contributed by atoms with Crippen molar-refractivity contribution in [2.75, 3.05) is 24.2 Å². The number of hydrogen-bond acceptors (Lipinski definition) is 5. The highest BCUT2D eigenvalue weighted by Crippen LogP contribution is 2.23. The molecule has 8 nitrogen and oxygen atoms in total. The standard InChI is InChI=1S/C21H22N6O2S/c1-3-26(4-2)19(29)14-8-7-9-15(12-14)22-18(28)13-30-21-25-24-20-23-16-10-5-6-11-17(16)27(20)21/h5-12H,3-4,13H2,1-2H3,(H,22,28)(H,23,24). The lowest BCUT2D eigenvalue weighted by Gasteiger charge is -2.19. The van der Waals surface area contributed by atoms with Crippen LogP contribution < -0.4 is 5.32 Å². The number of fused-ring (bicyclic) bond motifs is 3. The molecule has 2 N–H and O–H groups in total. The molecule has 0 spiro atoms. The van der Waals surface area contributed by atoms with E-state index >= 15 is 0 Å². The maximum Gasteiger partial charge on any atom is 0.253 e. The fourth-order valence-electron chi connectivity index (χ4n) is 3.29. The number of anilines is 1. The number of benzene rings is 2. The maximum absolute atomic E-state index is 12.5. The Hall–Kier alpha value is -3.33. The van der Waals surface area contributed by atoms with E-state index in [1.54, 1.807) is 29.2 Å². The molecule has 0 bridgehead atoms. The molecule has 0 saturated heterocycles. The lowest BCUT2D eigenvalue weighted by Crippen LogP contribution is -2.30. The summed E-state index contributed by atoms with van der Waals surface area (Å²) in [7, 11) is 0. The molecule has 0 atom stereocenters. The zero-order valence-corrected chi connectivity index (χ0v) is 17.6. The molecule has 0 fully saturated rings. The molecule has 9 heteroatoms. The first-order valence-electron chi connectivity index (χ1n) is 9.74. The highest BCUT2D eigenvalue weighted by atomic mass is 32.2. The first kappa shape index (κ1) is 20.0. The van der Waals surface area contributed by atoms with Crippen molar-refractivity contribution < 1.29 is 9.59 Å². The fraction of sp³-hybridized carbons (Fsp3) is 0.238. The van der Waals surface area contributed by atoms with Crippen molar-refractivity contribution in [3.8, 4) is 0 Å². The summed E-state index contributed by atoms with van der Waals surface area (Å²) >= 11 is 1.32. The van der Waals surface area contributed by atoms with Crippen LogP contribution in [0.3, 0.4) is 0 Å². The summed E-state index contributed by atoms with van der Waals surface area (Å²) in [5.74, 6) is 0.604. The van der Waals surface area contributed by atoms with Gasteiger partial charge in [-0.05, 0) is 44.2 Å². The molecule has 0 aliphatic rings. The Morgan fingerprint density at radius 3 is 2.73 bits per heavy atom. The number of nitrogens with zero attached hydrogens (tertiary/aromatic N) is 4. The quantitative estimate of drug-likeness (QED) is 0.445. The van der Waals surface area contributed by atoms with Gasteiger partial charge in [-0.2, -0.15) is 0 Å². The first-order chi connectivity index (χ1) is 14.6. The zero-order valence-electron chi connectivity index (χ0n) is 16.8. The molecular weight excluding hydrogens is 400 g/mol. The summed E-state index contributed by atoms with van der Waals surface area (Å²) in [5.41, 5.74) is 2.96. The van der Waals surface area contributed by atoms with Gasteiger partial charge in [-0.3, -0.25) is 14.0 Å². The second-order valence-corrected chi connectivity index (χ2v) is 7.60. The summed E-state index contributed by atoms with van der Waals surface area (Å²) in [6.07, 6.45) is 0. The molecule has 0 aliphatic heterocycles. The van der Waals surface area contributed by atoms with Crippen LogP contribution in [0, 0.1) is 0 Å². The van der Waals surface area contributed by atoms with Crippen LogP contribution >= 0.6 is 11.8 Å². The Morgan fingerprint density at radius 1 is 1.13 bits per heavy atom. The number of para-hydroxylation sites is 2. The van der Waals surface area contributed by atoms with E-state index < -0.39 is 0 Å². The molecule has 30 heavy (non-hydrogen) atoms. The van der Waals surface area contributed by atoms with Crippen molar-refractivity contribution >= 4 is 46.1 Å². The fourth-order valence-corrected chi connectivity index (χ4v) is 4.05. The Morgan fingerprint density at radius 2 is 1.93 bits per heavy atom. The number of hydrogen-bond donors (Lipinski definition) is 2. The van der Waals surface area contributed by atoms with Gasteiger partial charge in [0.15, 0.2) is 5.16 Å². The minimum absolute atomic E-state index is 0.0450. The minimum atomic E-state index is -0.173. The van der Waals surface area contributed by atoms with Crippen LogP contribution in [0.15, 0.2) is 53.7 Å². The highest BCUT2D eigenvalue weighted by molar-refractivity contribution is 7.99. The summed E-state index contributed by atoms with van der Waals surface area (Å²) in [4.78, 5) is 31.2. The van der Waals surface area contributed by atoms with Gasteiger partial charge >= 0.3 is 0 Å². The molecule has 0 unspecified atom stereocenters. The third kappa shape index (κ3) is 3.88. The predicted molar refractivity (Wildman–Crippen MR) is 118 cm³/mol. The summed E-state index contributed by atoms with van der Waals surface area (Å²) in [6.45, 7) is 5.17. The molecule has 0 saturated carbocycles. The molecule has 2 heterocycles. The molecule has 4 aromatic rings. The SMILES string of the molecule is CCN(CC)C(=O)c1cccc(NC(=O)CSc2n[nH]c3nc4ccccc4n23)c1. The van der Waals surface area contributed by atoms with Gasteiger partial charge in [-0.1, -0.05) is 30.0 Å². The molecule has 0 aliphatic carbocycles. The number of aromatic nitrogens is 4. The van der Waals surface area contributed by atoms with Gasteiger partial charge < -0.3 is 10.2 Å². The van der Waals surface area contributed by atoms with Crippen LogP contribution in [0.1, 0.15) is 24.2 Å². The zero-order chi connectivity index (χ0) is 21.1. The highest BCUT2D eigenvalue weighted by Gasteiger charge is 2.15. The van der Waals surface area contributed by atoms with E-state index in [1.807, 2.05) is 42.5 Å². The van der Waals surface area contributed by atoms with Crippen LogP contribution in [0.5, 0.6) is 0 Å². The Balaban J connectivity index is 1.44. The van der Waals surface area contributed by atoms with Gasteiger partial charge in [-0.15, -0.1) is 5.10 Å². The van der Waals surface area contributed by atoms with Gasteiger partial charge in [0.1, 0.15) is 0 Å². The first-order valence-corrected chi connectivity index (χ1v) is 10.7. The third-order valence-corrected chi connectivity index (χ3v) is 5.72. The summed E-state index contributed by atoms with van der Waals surface area (Å²) in [6, 6.07) is 14.8. The molecule has 4 rings (SSSR count). The lowest BCUT2D eigenvalue weighted by atomic mass is 10.1. The van der Waals surface area contributed by atoms with E-state index in [9.17, 15) is 9.59 Å². The van der Waals surface area contributed by atoms with Gasteiger partial charge in [0, 0.05) is 24.3 Å². The number of rotatable bonds is 7.